The highest BCUT2D eigenvalue weighted by molar-refractivity contribution is 5.80. The van der Waals surface area contributed by atoms with Gasteiger partial charge >= 0.3 is 5.97 Å². The number of aliphatic hydroxyl groups is 6. The summed E-state index contributed by atoms with van der Waals surface area (Å²) in [5.74, 6) is -3.95. The maximum Gasteiger partial charge on any atom is 0.311 e. The Bertz CT molecular complexity index is 561. The summed E-state index contributed by atoms with van der Waals surface area (Å²) in [6.45, 7) is -0.857. The van der Waals surface area contributed by atoms with Gasteiger partial charge in [-0.25, -0.2) is 4.99 Å². The Hall–Kier alpha value is -1.05. The summed E-state index contributed by atoms with van der Waals surface area (Å²) in [6.07, 6.45) is -7.77. The van der Waals surface area contributed by atoms with E-state index in [9.17, 15) is 30.6 Å². The summed E-state index contributed by atoms with van der Waals surface area (Å²) in [4.78, 5) is 3.70. The maximum absolute atomic E-state index is 10.6. The molecule has 11 heteroatoms. The Balaban J connectivity index is 1.95. The smallest absolute Gasteiger partial charge is 0.311 e. The summed E-state index contributed by atoms with van der Waals surface area (Å²) >= 11 is 0. The monoisotopic (exact) mass is 319 g/mol. The van der Waals surface area contributed by atoms with E-state index in [1.807, 2.05) is 0 Å². The van der Waals surface area contributed by atoms with Gasteiger partial charge in [-0.1, -0.05) is 0 Å². The number of hydrogen-bond donors (Lipinski definition) is 8. The zero-order chi connectivity index (χ0) is 16.1. The molecule has 0 aromatic rings. The molecule has 6 unspecified atom stereocenters. The molecule has 0 radical (unpaired) electrons. The number of nitrogens with zero attached hydrogens (tertiary/aromatic N) is 1. The molecule has 3 saturated heterocycles. The lowest BCUT2D eigenvalue weighted by Gasteiger charge is -2.71. The van der Waals surface area contributed by atoms with Crippen LogP contribution in [-0.2, 0) is 9.47 Å². The van der Waals surface area contributed by atoms with Gasteiger partial charge in [0.2, 0.25) is 0 Å². The normalized spacial score (nSPS) is 62.4. The first-order valence-corrected chi connectivity index (χ1v) is 6.77. The molecule has 4 bridgehead atoms. The van der Waals surface area contributed by atoms with Crippen LogP contribution in [0.15, 0.2) is 4.99 Å². The quantitative estimate of drug-likeness (QED) is 0.231. The average Bonchev–Trinajstić information content (AvgIpc) is 2.45. The van der Waals surface area contributed by atoms with Crippen LogP contribution >= 0.6 is 0 Å². The highest BCUT2D eigenvalue weighted by atomic mass is 16.9. The molecule has 5 rings (SSSR count). The SMILES string of the molecule is NC1=NC(O)C2C3OC4(O)OC([C@@H](O)C2(N1)[C@@H]4O)[C@]3(O)CO. The molecule has 4 heterocycles. The third-order valence-electron chi connectivity index (χ3n) is 5.22. The molecule has 0 amide bonds. The first kappa shape index (κ1) is 14.5. The van der Waals surface area contributed by atoms with Crippen molar-refractivity contribution >= 4 is 5.96 Å². The Labute approximate surface area is 123 Å². The molecule has 4 aliphatic heterocycles. The molecule has 22 heavy (non-hydrogen) atoms. The second-order valence-electron chi connectivity index (χ2n) is 6.22. The zero-order valence-corrected chi connectivity index (χ0v) is 11.2. The van der Waals surface area contributed by atoms with E-state index < -0.39 is 60.3 Å². The van der Waals surface area contributed by atoms with Crippen molar-refractivity contribution in [2.45, 2.75) is 47.8 Å². The largest absolute Gasteiger partial charge is 0.393 e. The number of nitrogens with one attached hydrogen (secondary N) is 1. The van der Waals surface area contributed by atoms with Crippen molar-refractivity contribution in [2.24, 2.45) is 16.6 Å². The minimum atomic E-state index is -2.52. The molecule has 9 atom stereocenters. The minimum absolute atomic E-state index is 0.250. The number of hydrogen-bond acceptors (Lipinski definition) is 11. The van der Waals surface area contributed by atoms with Crippen molar-refractivity contribution in [1.82, 2.24) is 5.32 Å². The first-order chi connectivity index (χ1) is 10.2. The van der Waals surface area contributed by atoms with E-state index in [-0.39, 0.29) is 5.96 Å². The summed E-state index contributed by atoms with van der Waals surface area (Å²) in [5, 5.41) is 64.3. The van der Waals surface area contributed by atoms with Crippen LogP contribution in [0.3, 0.4) is 0 Å². The fraction of sp³-hybridized carbons (Fsp3) is 0.909. The van der Waals surface area contributed by atoms with E-state index in [0.29, 0.717) is 0 Å². The molecule has 11 nitrogen and oxygen atoms in total. The van der Waals surface area contributed by atoms with Crippen LogP contribution < -0.4 is 11.1 Å². The Morgan fingerprint density at radius 2 is 1.82 bits per heavy atom. The molecule has 1 spiro atoms. The summed E-state index contributed by atoms with van der Waals surface area (Å²) in [5.41, 5.74) is 1.74. The second-order valence-corrected chi connectivity index (χ2v) is 6.22. The summed E-state index contributed by atoms with van der Waals surface area (Å²) in [7, 11) is 0. The van der Waals surface area contributed by atoms with E-state index in [1.165, 1.54) is 0 Å². The molecule has 1 aliphatic carbocycles. The van der Waals surface area contributed by atoms with Crippen LogP contribution in [0.4, 0.5) is 0 Å². The third kappa shape index (κ3) is 1.28. The van der Waals surface area contributed by atoms with Crippen LogP contribution in [0, 0.1) is 5.92 Å². The molecule has 1 saturated carbocycles. The van der Waals surface area contributed by atoms with Crippen molar-refractivity contribution in [3.8, 4) is 0 Å². The van der Waals surface area contributed by atoms with Crippen molar-refractivity contribution in [2.75, 3.05) is 6.61 Å². The summed E-state index contributed by atoms with van der Waals surface area (Å²) < 4.78 is 10.3. The van der Waals surface area contributed by atoms with Gasteiger partial charge in [0, 0.05) is 0 Å². The van der Waals surface area contributed by atoms with Gasteiger partial charge in [0.1, 0.15) is 29.5 Å². The average molecular weight is 319 g/mol. The molecule has 0 aromatic carbocycles. The van der Waals surface area contributed by atoms with Gasteiger partial charge in [-0.3, -0.25) is 0 Å². The number of guanidine groups is 1. The standard InChI is InChI=1S/C11H17N3O8/c12-8-13-6(17)2-4-9(19,1-15)5-3(16)10(2,14-8)7(18)11(20,21-4)22-5/h2-7,15-20H,1H2,(H3,12,13,14)/t2?,3-,4?,5?,6?,7+,9+,10?,11?/m1/s1. The number of aliphatic imine (C=N–C) groups is 1. The van der Waals surface area contributed by atoms with E-state index in [1.54, 1.807) is 0 Å². The van der Waals surface area contributed by atoms with Gasteiger partial charge in [0.15, 0.2) is 18.3 Å². The van der Waals surface area contributed by atoms with E-state index >= 15 is 0 Å². The van der Waals surface area contributed by atoms with Crippen molar-refractivity contribution < 1.29 is 40.1 Å². The Morgan fingerprint density at radius 3 is 2.45 bits per heavy atom. The molecule has 0 aromatic heterocycles. The van der Waals surface area contributed by atoms with Crippen LogP contribution in [-0.4, -0.2) is 91.0 Å². The molecule has 5 aliphatic rings. The van der Waals surface area contributed by atoms with Crippen LogP contribution in [0.1, 0.15) is 0 Å². The zero-order valence-electron chi connectivity index (χ0n) is 11.2. The highest BCUT2D eigenvalue weighted by Gasteiger charge is 2.82. The number of nitrogens with two attached hydrogens (primary N) is 1. The van der Waals surface area contributed by atoms with E-state index in [2.05, 4.69) is 10.3 Å². The lowest BCUT2D eigenvalue weighted by atomic mass is 9.55. The topological polar surface area (TPSA) is 190 Å². The number of ether oxygens (including phenoxy) is 2. The lowest BCUT2D eigenvalue weighted by molar-refractivity contribution is -0.548. The minimum Gasteiger partial charge on any atom is -0.393 e. The van der Waals surface area contributed by atoms with Gasteiger partial charge in [-0.05, 0) is 0 Å². The Morgan fingerprint density at radius 1 is 1.18 bits per heavy atom. The highest BCUT2D eigenvalue weighted by Crippen LogP contribution is 2.58. The fourth-order valence-electron chi connectivity index (χ4n) is 4.24. The van der Waals surface area contributed by atoms with Crippen molar-refractivity contribution in [3.05, 3.63) is 0 Å². The van der Waals surface area contributed by atoms with Gasteiger partial charge in [-0.2, -0.15) is 0 Å². The number of rotatable bonds is 1. The second kappa shape index (κ2) is 3.88. The summed E-state index contributed by atoms with van der Waals surface area (Å²) in [6, 6.07) is 0. The van der Waals surface area contributed by atoms with E-state index in [4.69, 9.17) is 15.2 Å². The van der Waals surface area contributed by atoms with E-state index in [0.717, 1.165) is 0 Å². The fourth-order valence-corrected chi connectivity index (χ4v) is 4.24. The van der Waals surface area contributed by atoms with Crippen LogP contribution in [0.2, 0.25) is 0 Å². The third-order valence-corrected chi connectivity index (χ3v) is 5.22. The molecule has 4 fully saturated rings. The lowest BCUT2D eigenvalue weighted by Crippen LogP contribution is -2.95. The number of aliphatic hydroxyl groups excluding tert-OH is 4. The van der Waals surface area contributed by atoms with Crippen molar-refractivity contribution in [1.29, 1.82) is 0 Å². The van der Waals surface area contributed by atoms with Crippen LogP contribution in [0.5, 0.6) is 0 Å². The van der Waals surface area contributed by atoms with Gasteiger partial charge in [-0.15, -0.1) is 0 Å². The van der Waals surface area contributed by atoms with Crippen molar-refractivity contribution in [3.63, 3.8) is 0 Å². The molecule has 124 valence electrons. The maximum atomic E-state index is 10.6. The molecule has 9 N–H and O–H groups in total. The Kier molecular flexibility index (Phi) is 2.57. The van der Waals surface area contributed by atoms with Gasteiger partial charge < -0.3 is 51.2 Å². The predicted octanol–water partition coefficient (Wildman–Crippen LogP) is -5.52. The molecular weight excluding hydrogens is 302 g/mol. The van der Waals surface area contributed by atoms with Crippen LogP contribution in [0.25, 0.3) is 0 Å². The van der Waals surface area contributed by atoms with Gasteiger partial charge in [0.05, 0.1) is 12.5 Å². The first-order valence-electron chi connectivity index (χ1n) is 6.77. The molecular formula is C11H17N3O8. The predicted molar refractivity (Wildman–Crippen MR) is 65.7 cm³/mol. The van der Waals surface area contributed by atoms with Gasteiger partial charge in [0.25, 0.3) is 0 Å².